The van der Waals surface area contributed by atoms with Gasteiger partial charge in [-0.05, 0) is 18.1 Å². The predicted octanol–water partition coefficient (Wildman–Crippen LogP) is 3.29. The second kappa shape index (κ2) is 6.81. The maximum Gasteiger partial charge on any atom is 0.251 e. The molecule has 0 atom stereocenters. The molecule has 0 saturated carbocycles. The highest BCUT2D eigenvalue weighted by Crippen LogP contribution is 2.17. The lowest BCUT2D eigenvalue weighted by atomic mass is 10.1. The van der Waals surface area contributed by atoms with Gasteiger partial charge in [0.25, 0.3) is 5.91 Å². The summed E-state index contributed by atoms with van der Waals surface area (Å²) in [4.78, 5) is 20.5. The number of nitrogens with one attached hydrogen (secondary N) is 1. The van der Waals surface area contributed by atoms with Gasteiger partial charge in [0.15, 0.2) is 0 Å². The van der Waals surface area contributed by atoms with E-state index in [0.29, 0.717) is 17.3 Å². The lowest BCUT2D eigenvalue weighted by Gasteiger charge is -2.09. The van der Waals surface area contributed by atoms with E-state index in [0.717, 1.165) is 17.8 Å². The lowest BCUT2D eigenvalue weighted by molar-refractivity contribution is 0.0954. The van der Waals surface area contributed by atoms with Crippen molar-refractivity contribution in [1.82, 2.24) is 15.3 Å². The van der Waals surface area contributed by atoms with E-state index in [9.17, 15) is 4.79 Å². The van der Waals surface area contributed by atoms with Gasteiger partial charge in [-0.3, -0.25) is 4.79 Å². The zero-order valence-corrected chi connectivity index (χ0v) is 13.0. The Labute approximate surface area is 127 Å². The summed E-state index contributed by atoms with van der Waals surface area (Å²) in [6.45, 7) is 4.59. The van der Waals surface area contributed by atoms with Gasteiger partial charge in [-0.1, -0.05) is 25.4 Å². The third-order valence-corrected chi connectivity index (χ3v) is 3.65. The molecule has 2 heterocycles. The Morgan fingerprint density at radius 2 is 2.25 bits per heavy atom. The molecular formula is C14H16ClN3OS. The zero-order valence-electron chi connectivity index (χ0n) is 11.4. The van der Waals surface area contributed by atoms with E-state index in [1.807, 2.05) is 19.2 Å². The van der Waals surface area contributed by atoms with Crippen LogP contribution in [-0.4, -0.2) is 22.4 Å². The number of halogens is 1. The lowest BCUT2D eigenvalue weighted by Crippen LogP contribution is -2.26. The maximum atomic E-state index is 12.1. The van der Waals surface area contributed by atoms with Crippen LogP contribution >= 0.6 is 22.9 Å². The summed E-state index contributed by atoms with van der Waals surface area (Å²) >= 11 is 7.51. The summed E-state index contributed by atoms with van der Waals surface area (Å²) in [5.74, 6) is 0.0988. The van der Waals surface area contributed by atoms with Crippen LogP contribution < -0.4 is 5.32 Å². The molecule has 0 spiro atoms. The van der Waals surface area contributed by atoms with Gasteiger partial charge >= 0.3 is 0 Å². The van der Waals surface area contributed by atoms with Crippen LogP contribution in [0.3, 0.4) is 0 Å². The Hall–Kier alpha value is -1.46. The number of thiazole rings is 1. The van der Waals surface area contributed by atoms with E-state index >= 15 is 0 Å². The van der Waals surface area contributed by atoms with Gasteiger partial charge in [-0.25, -0.2) is 9.97 Å². The van der Waals surface area contributed by atoms with Crippen LogP contribution in [0.1, 0.15) is 41.5 Å². The van der Waals surface area contributed by atoms with Crippen LogP contribution in [0.25, 0.3) is 0 Å². The minimum atomic E-state index is -0.133. The molecule has 0 aliphatic rings. The number of aromatic nitrogens is 2. The first-order chi connectivity index (χ1) is 9.56. The normalized spacial score (nSPS) is 10.8. The number of hydrogen-bond acceptors (Lipinski definition) is 4. The molecule has 0 aliphatic heterocycles. The minimum absolute atomic E-state index is 0.133. The Morgan fingerprint density at radius 3 is 2.90 bits per heavy atom. The van der Waals surface area contributed by atoms with Crippen LogP contribution in [0.2, 0.25) is 5.15 Å². The van der Waals surface area contributed by atoms with Gasteiger partial charge in [0, 0.05) is 29.6 Å². The molecule has 1 N–H and O–H groups in total. The Kier molecular flexibility index (Phi) is 5.09. The quantitative estimate of drug-likeness (QED) is 0.862. The predicted molar refractivity (Wildman–Crippen MR) is 81.5 cm³/mol. The maximum absolute atomic E-state index is 12.1. The molecular weight excluding hydrogens is 294 g/mol. The van der Waals surface area contributed by atoms with Crippen LogP contribution in [-0.2, 0) is 6.42 Å². The number of carbonyl (C=O) groups excluding carboxylic acids is 1. The molecule has 6 heteroatoms. The highest BCUT2D eigenvalue weighted by atomic mass is 35.5. The molecule has 2 rings (SSSR count). The molecule has 0 saturated heterocycles. The van der Waals surface area contributed by atoms with Gasteiger partial charge in [0.05, 0.1) is 11.2 Å². The Balaban J connectivity index is 1.98. The number of nitrogens with zero attached hydrogens (tertiary/aromatic N) is 2. The molecule has 0 aromatic carbocycles. The summed E-state index contributed by atoms with van der Waals surface area (Å²) < 4.78 is 0. The van der Waals surface area contributed by atoms with Gasteiger partial charge in [-0.15, -0.1) is 11.3 Å². The fraction of sp³-hybridized carbons (Fsp3) is 0.357. The zero-order chi connectivity index (χ0) is 14.5. The van der Waals surface area contributed by atoms with Crippen LogP contribution in [0.4, 0.5) is 0 Å². The van der Waals surface area contributed by atoms with Gasteiger partial charge < -0.3 is 5.32 Å². The second-order valence-corrected chi connectivity index (χ2v) is 5.85. The first-order valence-electron chi connectivity index (χ1n) is 6.39. The molecule has 106 valence electrons. The SMILES string of the molecule is CC(C)c1cc(C(=O)NCCc2cscn2)cc(Cl)n1. The molecule has 2 aromatic heterocycles. The fourth-order valence-corrected chi connectivity index (χ4v) is 2.52. The summed E-state index contributed by atoms with van der Waals surface area (Å²) in [7, 11) is 0. The number of hydrogen-bond donors (Lipinski definition) is 1. The van der Waals surface area contributed by atoms with Crippen molar-refractivity contribution >= 4 is 28.8 Å². The molecule has 0 aliphatic carbocycles. The standard InChI is InChI=1S/C14H16ClN3OS/c1-9(2)12-5-10(6-13(15)18-12)14(19)16-4-3-11-7-20-8-17-11/h5-9H,3-4H2,1-2H3,(H,16,19). The highest BCUT2D eigenvalue weighted by molar-refractivity contribution is 7.07. The van der Waals surface area contributed by atoms with Crippen LogP contribution in [0, 0.1) is 0 Å². The Bertz CT molecular complexity index is 584. The van der Waals surface area contributed by atoms with Crippen molar-refractivity contribution in [3.63, 3.8) is 0 Å². The van der Waals surface area contributed by atoms with E-state index < -0.39 is 0 Å². The highest BCUT2D eigenvalue weighted by Gasteiger charge is 2.11. The number of amides is 1. The minimum Gasteiger partial charge on any atom is -0.352 e. The van der Waals surface area contributed by atoms with Gasteiger partial charge in [-0.2, -0.15) is 0 Å². The van der Waals surface area contributed by atoms with E-state index in [1.54, 1.807) is 29.0 Å². The largest absolute Gasteiger partial charge is 0.352 e. The average Bonchev–Trinajstić information content (AvgIpc) is 2.91. The first kappa shape index (κ1) is 14.9. The van der Waals surface area contributed by atoms with E-state index in [1.165, 1.54) is 0 Å². The monoisotopic (exact) mass is 309 g/mol. The number of pyridine rings is 1. The van der Waals surface area contributed by atoms with Crippen molar-refractivity contribution in [2.45, 2.75) is 26.2 Å². The molecule has 4 nitrogen and oxygen atoms in total. The van der Waals surface area contributed by atoms with E-state index in [2.05, 4.69) is 15.3 Å². The molecule has 0 unspecified atom stereocenters. The number of carbonyl (C=O) groups is 1. The summed E-state index contributed by atoms with van der Waals surface area (Å²) in [5, 5.41) is 5.20. The van der Waals surface area contributed by atoms with Crippen molar-refractivity contribution < 1.29 is 4.79 Å². The van der Waals surface area contributed by atoms with Crippen molar-refractivity contribution in [2.75, 3.05) is 6.54 Å². The molecule has 1 amide bonds. The average molecular weight is 310 g/mol. The molecule has 0 radical (unpaired) electrons. The van der Waals surface area contributed by atoms with Gasteiger partial charge in [0.1, 0.15) is 5.15 Å². The summed E-state index contributed by atoms with van der Waals surface area (Å²) in [6, 6.07) is 3.38. The number of rotatable bonds is 5. The Morgan fingerprint density at radius 1 is 1.45 bits per heavy atom. The second-order valence-electron chi connectivity index (χ2n) is 4.74. The topological polar surface area (TPSA) is 54.9 Å². The van der Waals surface area contributed by atoms with Crippen molar-refractivity contribution in [3.8, 4) is 0 Å². The molecule has 20 heavy (non-hydrogen) atoms. The molecule has 0 bridgehead atoms. The first-order valence-corrected chi connectivity index (χ1v) is 7.71. The van der Waals surface area contributed by atoms with Crippen molar-refractivity contribution in [1.29, 1.82) is 0 Å². The molecule has 0 fully saturated rings. The smallest absolute Gasteiger partial charge is 0.251 e. The fourth-order valence-electron chi connectivity index (χ4n) is 1.71. The third-order valence-electron chi connectivity index (χ3n) is 2.82. The van der Waals surface area contributed by atoms with E-state index in [-0.39, 0.29) is 11.8 Å². The van der Waals surface area contributed by atoms with Crippen molar-refractivity contribution in [3.05, 3.63) is 45.1 Å². The third kappa shape index (κ3) is 4.02. The van der Waals surface area contributed by atoms with Crippen LogP contribution in [0.5, 0.6) is 0 Å². The van der Waals surface area contributed by atoms with Crippen LogP contribution in [0.15, 0.2) is 23.0 Å². The molecule has 2 aromatic rings. The van der Waals surface area contributed by atoms with E-state index in [4.69, 9.17) is 11.6 Å². The van der Waals surface area contributed by atoms with Crippen molar-refractivity contribution in [2.24, 2.45) is 0 Å². The summed E-state index contributed by atoms with van der Waals surface area (Å²) in [5.41, 5.74) is 4.15. The van der Waals surface area contributed by atoms with Gasteiger partial charge in [0.2, 0.25) is 0 Å². The summed E-state index contributed by atoms with van der Waals surface area (Å²) in [6.07, 6.45) is 0.727.